The van der Waals surface area contributed by atoms with Crippen LogP contribution in [0, 0.1) is 0 Å². The Morgan fingerprint density at radius 1 is 0.875 bits per heavy atom. The molecule has 0 fully saturated rings. The van der Waals surface area contributed by atoms with Crippen LogP contribution in [-0.2, 0) is 16.6 Å². The first-order valence-electron chi connectivity index (χ1n) is 7.35. The normalized spacial score (nSPS) is 11.2. The molecule has 24 heavy (non-hydrogen) atoms. The molecule has 6 heteroatoms. The van der Waals surface area contributed by atoms with Gasteiger partial charge >= 0.3 is 0 Å². The second kappa shape index (κ2) is 7.25. The fraction of sp³-hybridized carbons (Fsp3) is 0.0556. The van der Waals surface area contributed by atoms with E-state index >= 15 is 0 Å². The molecule has 1 N–H and O–H groups in total. The molecule has 3 aromatic rings. The molecule has 0 unspecified atom stereocenters. The maximum atomic E-state index is 12.3. The number of hydrogen-bond donors (Lipinski definition) is 1. The molecule has 0 amide bonds. The molecule has 0 aliphatic heterocycles. The van der Waals surface area contributed by atoms with Crippen LogP contribution < -0.4 is 9.46 Å². The van der Waals surface area contributed by atoms with Gasteiger partial charge in [0, 0.05) is 18.9 Å². The Morgan fingerprint density at radius 2 is 1.58 bits per heavy atom. The highest BCUT2D eigenvalue weighted by atomic mass is 32.2. The lowest BCUT2D eigenvalue weighted by Crippen LogP contribution is -2.23. The second-order valence-electron chi connectivity index (χ2n) is 5.07. The van der Waals surface area contributed by atoms with E-state index in [1.54, 1.807) is 30.6 Å². The molecule has 122 valence electrons. The monoisotopic (exact) mass is 340 g/mol. The number of benzene rings is 2. The van der Waals surface area contributed by atoms with Crippen molar-refractivity contribution >= 4 is 10.0 Å². The van der Waals surface area contributed by atoms with Crippen molar-refractivity contribution in [1.82, 2.24) is 9.71 Å². The summed E-state index contributed by atoms with van der Waals surface area (Å²) in [6.07, 6.45) is 3.27. The van der Waals surface area contributed by atoms with E-state index in [0.717, 1.165) is 5.56 Å². The average molecular weight is 340 g/mol. The summed E-state index contributed by atoms with van der Waals surface area (Å²) in [6.45, 7) is 0.193. The largest absolute Gasteiger partial charge is 0.457 e. The van der Waals surface area contributed by atoms with Crippen LogP contribution in [0.2, 0.25) is 0 Å². The fourth-order valence-electron chi connectivity index (χ4n) is 2.08. The zero-order valence-electron chi connectivity index (χ0n) is 12.8. The Labute approximate surface area is 141 Å². The quantitative estimate of drug-likeness (QED) is 0.747. The molecule has 0 aliphatic rings. The zero-order valence-corrected chi connectivity index (χ0v) is 13.6. The summed E-state index contributed by atoms with van der Waals surface area (Å²) in [7, 11) is -3.58. The predicted molar refractivity (Wildman–Crippen MR) is 91.2 cm³/mol. The van der Waals surface area contributed by atoms with E-state index in [1.165, 1.54) is 12.1 Å². The van der Waals surface area contributed by atoms with Gasteiger partial charge in [-0.05, 0) is 48.0 Å². The molecule has 2 aromatic carbocycles. The van der Waals surface area contributed by atoms with Crippen molar-refractivity contribution in [1.29, 1.82) is 0 Å². The van der Waals surface area contributed by atoms with Crippen LogP contribution in [0.3, 0.4) is 0 Å². The zero-order chi connectivity index (χ0) is 16.8. The maximum Gasteiger partial charge on any atom is 0.240 e. The maximum absolute atomic E-state index is 12.3. The van der Waals surface area contributed by atoms with Crippen molar-refractivity contribution < 1.29 is 13.2 Å². The highest BCUT2D eigenvalue weighted by molar-refractivity contribution is 7.89. The van der Waals surface area contributed by atoms with Gasteiger partial charge in [0.15, 0.2) is 0 Å². The number of nitrogens with zero attached hydrogens (tertiary/aromatic N) is 1. The van der Waals surface area contributed by atoms with E-state index < -0.39 is 10.0 Å². The minimum absolute atomic E-state index is 0.187. The van der Waals surface area contributed by atoms with Gasteiger partial charge in [-0.3, -0.25) is 4.98 Å². The van der Waals surface area contributed by atoms with Crippen molar-refractivity contribution in [3.63, 3.8) is 0 Å². The molecule has 1 heterocycles. The number of pyridine rings is 1. The summed E-state index contributed by atoms with van der Waals surface area (Å²) in [4.78, 5) is 4.15. The van der Waals surface area contributed by atoms with Crippen molar-refractivity contribution in [2.45, 2.75) is 11.4 Å². The second-order valence-corrected chi connectivity index (χ2v) is 6.84. The third-order valence-electron chi connectivity index (χ3n) is 3.30. The molecule has 5 nitrogen and oxygen atoms in total. The van der Waals surface area contributed by atoms with E-state index in [4.69, 9.17) is 4.74 Å². The summed E-state index contributed by atoms with van der Waals surface area (Å²) in [5, 5.41) is 0. The van der Waals surface area contributed by atoms with E-state index in [-0.39, 0.29) is 11.4 Å². The van der Waals surface area contributed by atoms with Crippen LogP contribution in [-0.4, -0.2) is 13.4 Å². The van der Waals surface area contributed by atoms with Gasteiger partial charge in [0.2, 0.25) is 10.0 Å². The van der Waals surface area contributed by atoms with Crippen molar-refractivity contribution in [2.24, 2.45) is 0 Å². The third-order valence-corrected chi connectivity index (χ3v) is 4.72. The standard InChI is InChI=1S/C18H16N2O3S/c21-24(22,20-14-15-5-4-12-19-13-15)18-10-8-17(9-11-18)23-16-6-2-1-3-7-16/h1-13,20H,14H2. The van der Waals surface area contributed by atoms with Crippen LogP contribution in [0.1, 0.15) is 5.56 Å². The number of aromatic nitrogens is 1. The lowest BCUT2D eigenvalue weighted by Gasteiger charge is -2.08. The van der Waals surface area contributed by atoms with E-state index in [9.17, 15) is 8.42 Å². The first-order chi connectivity index (χ1) is 11.6. The topological polar surface area (TPSA) is 68.3 Å². The smallest absolute Gasteiger partial charge is 0.240 e. The van der Waals surface area contributed by atoms with Crippen LogP contribution in [0.5, 0.6) is 11.5 Å². The average Bonchev–Trinajstić information content (AvgIpc) is 2.62. The molecule has 0 saturated heterocycles. The lowest BCUT2D eigenvalue weighted by atomic mass is 10.3. The van der Waals surface area contributed by atoms with Gasteiger partial charge in [-0.15, -0.1) is 0 Å². The first-order valence-corrected chi connectivity index (χ1v) is 8.83. The highest BCUT2D eigenvalue weighted by Crippen LogP contribution is 2.22. The molecule has 0 aliphatic carbocycles. The summed E-state index contributed by atoms with van der Waals surface area (Å²) >= 11 is 0. The van der Waals surface area contributed by atoms with Crippen LogP contribution >= 0.6 is 0 Å². The van der Waals surface area contributed by atoms with Crippen molar-refractivity contribution in [3.05, 3.63) is 84.7 Å². The molecule has 0 atom stereocenters. The van der Waals surface area contributed by atoms with E-state index in [0.29, 0.717) is 11.5 Å². The minimum Gasteiger partial charge on any atom is -0.457 e. The van der Waals surface area contributed by atoms with Crippen molar-refractivity contribution in [3.8, 4) is 11.5 Å². The first kappa shape index (κ1) is 16.2. The lowest BCUT2D eigenvalue weighted by molar-refractivity contribution is 0.482. The van der Waals surface area contributed by atoms with Gasteiger partial charge in [-0.1, -0.05) is 24.3 Å². The van der Waals surface area contributed by atoms with Gasteiger partial charge in [-0.25, -0.2) is 13.1 Å². The predicted octanol–water partition coefficient (Wildman–Crippen LogP) is 3.35. The Bertz CT molecular complexity index is 881. The molecule has 1 aromatic heterocycles. The van der Waals surface area contributed by atoms with E-state index in [2.05, 4.69) is 9.71 Å². The van der Waals surface area contributed by atoms with Gasteiger partial charge in [0.1, 0.15) is 11.5 Å². The van der Waals surface area contributed by atoms with Crippen LogP contribution in [0.4, 0.5) is 0 Å². The number of nitrogens with one attached hydrogen (secondary N) is 1. The highest BCUT2D eigenvalue weighted by Gasteiger charge is 2.13. The van der Waals surface area contributed by atoms with Gasteiger partial charge in [0.05, 0.1) is 4.90 Å². The third kappa shape index (κ3) is 4.18. The Morgan fingerprint density at radius 3 is 2.25 bits per heavy atom. The van der Waals surface area contributed by atoms with Gasteiger partial charge < -0.3 is 4.74 Å². The molecular weight excluding hydrogens is 324 g/mol. The summed E-state index contributed by atoms with van der Waals surface area (Å²) in [6, 6.07) is 19.2. The SMILES string of the molecule is O=S(=O)(NCc1cccnc1)c1ccc(Oc2ccccc2)cc1. The van der Waals surface area contributed by atoms with Crippen LogP contribution in [0.25, 0.3) is 0 Å². The molecular formula is C18H16N2O3S. The number of hydrogen-bond acceptors (Lipinski definition) is 4. The summed E-state index contributed by atoms with van der Waals surface area (Å²) in [5.74, 6) is 1.27. The fourth-order valence-corrected chi connectivity index (χ4v) is 3.09. The summed E-state index contributed by atoms with van der Waals surface area (Å²) < 4.78 is 32.8. The Hall–Kier alpha value is -2.70. The van der Waals surface area contributed by atoms with Crippen molar-refractivity contribution in [2.75, 3.05) is 0 Å². The molecule has 0 bridgehead atoms. The molecule has 0 spiro atoms. The molecule has 0 saturated carbocycles. The number of ether oxygens (including phenoxy) is 1. The Balaban J connectivity index is 1.67. The van der Waals surface area contributed by atoms with E-state index in [1.807, 2.05) is 36.4 Å². The number of para-hydroxylation sites is 1. The minimum atomic E-state index is -3.58. The van der Waals surface area contributed by atoms with Gasteiger partial charge in [0.25, 0.3) is 0 Å². The van der Waals surface area contributed by atoms with Gasteiger partial charge in [-0.2, -0.15) is 0 Å². The molecule has 0 radical (unpaired) electrons. The molecule has 3 rings (SSSR count). The number of sulfonamides is 1. The Kier molecular flexibility index (Phi) is 4.88. The van der Waals surface area contributed by atoms with Crippen LogP contribution in [0.15, 0.2) is 84.0 Å². The number of rotatable bonds is 6. The summed E-state index contributed by atoms with van der Waals surface area (Å²) in [5.41, 5.74) is 0.796.